The maximum absolute atomic E-state index is 6.16. The zero-order valence-electron chi connectivity index (χ0n) is 12.3. The van der Waals surface area contributed by atoms with Gasteiger partial charge < -0.3 is 10.5 Å². The third kappa shape index (κ3) is 5.13. The lowest BCUT2D eigenvalue weighted by molar-refractivity contribution is 0.0889. The Morgan fingerprint density at radius 3 is 2.80 bits per heavy atom. The molecule has 0 aliphatic carbocycles. The van der Waals surface area contributed by atoms with E-state index in [1.165, 1.54) is 0 Å². The van der Waals surface area contributed by atoms with E-state index in [2.05, 4.69) is 29.1 Å². The van der Waals surface area contributed by atoms with E-state index in [-0.39, 0.29) is 30.2 Å². The standard InChI is InChI=1S/C13H23N3OS.2ClH/c1-13(2)9-16(5-4-11(13)14)6-10-8-18-12(15-10)7-17-3;;/h8,11H,4-7,9,14H2,1-3H3;2*1H. The van der Waals surface area contributed by atoms with Crippen LogP contribution in [-0.4, -0.2) is 36.1 Å². The maximum Gasteiger partial charge on any atom is 0.119 e. The van der Waals surface area contributed by atoms with Crippen molar-refractivity contribution in [1.29, 1.82) is 0 Å². The third-order valence-electron chi connectivity index (χ3n) is 3.64. The van der Waals surface area contributed by atoms with E-state index in [4.69, 9.17) is 10.5 Å². The molecule has 1 aliphatic heterocycles. The fourth-order valence-electron chi connectivity index (χ4n) is 2.46. The van der Waals surface area contributed by atoms with E-state index < -0.39 is 0 Å². The molecular weight excluding hydrogens is 317 g/mol. The summed E-state index contributed by atoms with van der Waals surface area (Å²) < 4.78 is 5.10. The molecule has 2 heterocycles. The molecule has 1 unspecified atom stereocenters. The zero-order chi connectivity index (χ0) is 13.2. The first-order chi connectivity index (χ1) is 8.51. The molecule has 1 aromatic rings. The van der Waals surface area contributed by atoms with Crippen molar-refractivity contribution in [3.05, 3.63) is 16.1 Å². The minimum atomic E-state index is 0. The van der Waals surface area contributed by atoms with Gasteiger partial charge in [0.05, 0.1) is 12.3 Å². The lowest BCUT2D eigenvalue weighted by Gasteiger charge is -2.42. The highest BCUT2D eigenvalue weighted by atomic mass is 35.5. The van der Waals surface area contributed by atoms with Gasteiger partial charge in [0, 0.05) is 38.2 Å². The molecule has 0 amide bonds. The van der Waals surface area contributed by atoms with Crippen LogP contribution in [0.25, 0.3) is 0 Å². The van der Waals surface area contributed by atoms with Crippen molar-refractivity contribution in [2.75, 3.05) is 20.2 Å². The molecule has 1 atom stereocenters. The number of likely N-dealkylation sites (tertiary alicyclic amines) is 1. The minimum Gasteiger partial charge on any atom is -0.378 e. The molecular formula is C13H25Cl2N3OS. The quantitative estimate of drug-likeness (QED) is 0.914. The van der Waals surface area contributed by atoms with Gasteiger partial charge in [-0.25, -0.2) is 4.98 Å². The van der Waals surface area contributed by atoms with Gasteiger partial charge in [0.25, 0.3) is 0 Å². The molecule has 0 radical (unpaired) electrons. The Kier molecular flexibility index (Phi) is 8.55. The maximum atomic E-state index is 6.16. The number of methoxy groups -OCH3 is 1. The summed E-state index contributed by atoms with van der Waals surface area (Å²) in [6.45, 7) is 8.16. The zero-order valence-corrected chi connectivity index (χ0v) is 14.7. The van der Waals surface area contributed by atoms with Crippen molar-refractivity contribution in [3.63, 3.8) is 0 Å². The summed E-state index contributed by atoms with van der Waals surface area (Å²) in [6, 6.07) is 0.313. The summed E-state index contributed by atoms with van der Waals surface area (Å²) in [6.07, 6.45) is 1.07. The van der Waals surface area contributed by atoms with Gasteiger partial charge in [-0.1, -0.05) is 13.8 Å². The summed E-state index contributed by atoms with van der Waals surface area (Å²) in [5, 5.41) is 3.19. The van der Waals surface area contributed by atoms with Gasteiger partial charge in [-0.2, -0.15) is 0 Å². The van der Waals surface area contributed by atoms with Crippen LogP contribution in [0.15, 0.2) is 5.38 Å². The summed E-state index contributed by atoms with van der Waals surface area (Å²) in [5.41, 5.74) is 7.50. The number of rotatable bonds is 4. The molecule has 0 spiro atoms. The average molecular weight is 342 g/mol. The number of ether oxygens (including phenoxy) is 1. The largest absolute Gasteiger partial charge is 0.378 e. The Labute approximate surface area is 137 Å². The first kappa shape index (κ1) is 20.1. The van der Waals surface area contributed by atoms with Crippen LogP contribution in [0.4, 0.5) is 0 Å². The second-order valence-corrected chi connectivity index (χ2v) is 6.70. The second kappa shape index (κ2) is 8.51. The van der Waals surface area contributed by atoms with Crippen LogP contribution in [0.2, 0.25) is 0 Å². The predicted molar refractivity (Wildman–Crippen MR) is 89.0 cm³/mol. The number of hydrogen-bond acceptors (Lipinski definition) is 5. The van der Waals surface area contributed by atoms with Crippen molar-refractivity contribution in [3.8, 4) is 0 Å². The molecule has 0 saturated carbocycles. The molecule has 1 saturated heterocycles. The first-order valence-electron chi connectivity index (χ1n) is 6.41. The van der Waals surface area contributed by atoms with Crippen LogP contribution in [0.3, 0.4) is 0 Å². The molecule has 1 aliphatic rings. The molecule has 118 valence electrons. The molecule has 7 heteroatoms. The van der Waals surface area contributed by atoms with Gasteiger partial charge in [-0.05, 0) is 11.8 Å². The van der Waals surface area contributed by atoms with Crippen molar-refractivity contribution in [2.45, 2.75) is 39.5 Å². The van der Waals surface area contributed by atoms with Crippen LogP contribution >= 0.6 is 36.2 Å². The summed E-state index contributed by atoms with van der Waals surface area (Å²) in [5.74, 6) is 0. The highest BCUT2D eigenvalue weighted by molar-refractivity contribution is 7.09. The molecule has 20 heavy (non-hydrogen) atoms. The topological polar surface area (TPSA) is 51.4 Å². The van der Waals surface area contributed by atoms with E-state index >= 15 is 0 Å². The number of aromatic nitrogens is 1. The molecule has 1 fully saturated rings. The van der Waals surface area contributed by atoms with Gasteiger partial charge in [0.1, 0.15) is 5.01 Å². The Balaban J connectivity index is 0.00000180. The van der Waals surface area contributed by atoms with E-state index in [1.807, 2.05) is 0 Å². The van der Waals surface area contributed by atoms with Crippen LogP contribution in [0.1, 0.15) is 31.0 Å². The highest BCUT2D eigenvalue weighted by Gasteiger charge is 2.33. The molecule has 1 aromatic heterocycles. The highest BCUT2D eigenvalue weighted by Crippen LogP contribution is 2.28. The van der Waals surface area contributed by atoms with E-state index in [9.17, 15) is 0 Å². The van der Waals surface area contributed by atoms with Crippen molar-refractivity contribution < 1.29 is 4.74 Å². The monoisotopic (exact) mass is 341 g/mol. The van der Waals surface area contributed by atoms with Crippen LogP contribution in [-0.2, 0) is 17.9 Å². The van der Waals surface area contributed by atoms with Gasteiger partial charge in [-0.3, -0.25) is 4.90 Å². The van der Waals surface area contributed by atoms with E-state index in [1.54, 1.807) is 18.4 Å². The molecule has 4 nitrogen and oxygen atoms in total. The van der Waals surface area contributed by atoms with E-state index in [0.717, 1.165) is 36.8 Å². The number of hydrogen-bond donors (Lipinski definition) is 1. The van der Waals surface area contributed by atoms with Gasteiger partial charge >= 0.3 is 0 Å². The van der Waals surface area contributed by atoms with Gasteiger partial charge in [-0.15, -0.1) is 36.2 Å². The van der Waals surface area contributed by atoms with Crippen molar-refractivity contribution in [2.24, 2.45) is 11.1 Å². The van der Waals surface area contributed by atoms with Gasteiger partial charge in [0.15, 0.2) is 0 Å². The molecule has 0 bridgehead atoms. The smallest absolute Gasteiger partial charge is 0.119 e. The summed E-state index contributed by atoms with van der Waals surface area (Å²) in [7, 11) is 1.70. The molecule has 2 rings (SSSR count). The molecule has 0 aromatic carbocycles. The van der Waals surface area contributed by atoms with Crippen LogP contribution < -0.4 is 5.73 Å². The van der Waals surface area contributed by atoms with Gasteiger partial charge in [0.2, 0.25) is 0 Å². The average Bonchev–Trinajstić information content (AvgIpc) is 2.71. The van der Waals surface area contributed by atoms with E-state index in [0.29, 0.717) is 12.6 Å². The van der Waals surface area contributed by atoms with Crippen LogP contribution in [0, 0.1) is 5.41 Å². The normalized spacial score (nSPS) is 21.9. The SMILES string of the molecule is COCc1nc(CN2CCC(N)C(C)(C)C2)cs1.Cl.Cl. The number of thiazole rings is 1. The molecule has 2 N–H and O–H groups in total. The first-order valence-corrected chi connectivity index (χ1v) is 7.29. The number of halogens is 2. The minimum absolute atomic E-state index is 0. The number of nitrogens with zero attached hydrogens (tertiary/aromatic N) is 2. The third-order valence-corrected chi connectivity index (χ3v) is 4.52. The van der Waals surface area contributed by atoms with Crippen molar-refractivity contribution in [1.82, 2.24) is 9.88 Å². The Bertz CT molecular complexity index is 401. The number of piperidine rings is 1. The predicted octanol–water partition coefficient (Wildman–Crippen LogP) is 2.69. The fraction of sp³-hybridized carbons (Fsp3) is 0.769. The lowest BCUT2D eigenvalue weighted by Crippen LogP contribution is -2.52. The van der Waals surface area contributed by atoms with Crippen LogP contribution in [0.5, 0.6) is 0 Å². The Morgan fingerprint density at radius 1 is 1.50 bits per heavy atom. The van der Waals surface area contributed by atoms with Crippen molar-refractivity contribution >= 4 is 36.2 Å². The summed E-state index contributed by atoms with van der Waals surface area (Å²) in [4.78, 5) is 7.03. The second-order valence-electron chi connectivity index (χ2n) is 5.76. The Hall–Kier alpha value is 0.0900. The number of nitrogens with two attached hydrogens (primary N) is 1. The fourth-order valence-corrected chi connectivity index (χ4v) is 3.22. The Morgan fingerprint density at radius 2 is 2.20 bits per heavy atom. The lowest BCUT2D eigenvalue weighted by atomic mass is 9.80. The summed E-state index contributed by atoms with van der Waals surface area (Å²) >= 11 is 1.68.